The minimum absolute atomic E-state index is 0.528. The molecule has 2 heterocycles. The Morgan fingerprint density at radius 3 is 3.42 bits per heavy atom. The molecule has 0 amide bonds. The molecule has 0 radical (unpaired) electrons. The van der Waals surface area contributed by atoms with Gasteiger partial charge in [-0.15, -0.1) is 0 Å². The Morgan fingerprint density at radius 1 is 1.75 bits per heavy atom. The van der Waals surface area contributed by atoms with Crippen molar-refractivity contribution < 1.29 is 4.74 Å². The first-order valence-electron chi connectivity index (χ1n) is 4.24. The molecule has 66 valence electrons. The zero-order valence-corrected chi connectivity index (χ0v) is 6.92. The van der Waals surface area contributed by atoms with Gasteiger partial charge in [0.1, 0.15) is 0 Å². The molecule has 1 aliphatic heterocycles. The zero-order valence-electron chi connectivity index (χ0n) is 6.92. The quantitative estimate of drug-likeness (QED) is 0.680. The first kappa shape index (κ1) is 7.76. The summed E-state index contributed by atoms with van der Waals surface area (Å²) in [6, 6.07) is 0.528. The monoisotopic (exact) mass is 167 g/mol. The van der Waals surface area contributed by atoms with E-state index in [1.807, 2.05) is 12.4 Å². The second-order valence-electron chi connectivity index (χ2n) is 3.05. The highest BCUT2D eigenvalue weighted by Crippen LogP contribution is 2.04. The summed E-state index contributed by atoms with van der Waals surface area (Å²) >= 11 is 0. The molecule has 0 bridgehead atoms. The Bertz CT molecular complexity index is 216. The number of H-pyrrole nitrogens is 1. The van der Waals surface area contributed by atoms with Gasteiger partial charge in [0.15, 0.2) is 0 Å². The van der Waals surface area contributed by atoms with Crippen LogP contribution in [0.3, 0.4) is 0 Å². The van der Waals surface area contributed by atoms with Crippen molar-refractivity contribution in [3.8, 4) is 0 Å². The van der Waals surface area contributed by atoms with Crippen LogP contribution in [-0.2, 0) is 11.3 Å². The summed E-state index contributed by atoms with van der Waals surface area (Å²) in [4.78, 5) is 0. The predicted octanol–water partition coefficient (Wildman–Crippen LogP) is 0.288. The first-order valence-corrected chi connectivity index (χ1v) is 4.24. The molecule has 1 aromatic heterocycles. The van der Waals surface area contributed by atoms with Gasteiger partial charge in [0.05, 0.1) is 12.8 Å². The summed E-state index contributed by atoms with van der Waals surface area (Å²) in [6.07, 6.45) is 4.86. The van der Waals surface area contributed by atoms with E-state index in [2.05, 4.69) is 15.5 Å². The highest BCUT2D eigenvalue weighted by atomic mass is 16.5. The van der Waals surface area contributed by atoms with Crippen molar-refractivity contribution in [3.05, 3.63) is 18.0 Å². The fourth-order valence-corrected chi connectivity index (χ4v) is 1.33. The summed E-state index contributed by atoms with van der Waals surface area (Å²) in [5.41, 5.74) is 1.20. The third-order valence-corrected chi connectivity index (χ3v) is 2.08. The van der Waals surface area contributed by atoms with Crippen molar-refractivity contribution in [2.24, 2.45) is 0 Å². The van der Waals surface area contributed by atoms with E-state index in [1.165, 1.54) is 5.56 Å². The van der Waals surface area contributed by atoms with Crippen molar-refractivity contribution in [2.45, 2.75) is 19.0 Å². The standard InChI is InChI=1S/C8H13N3O/c1-2-12-6-8(1)9-3-7-4-10-11-5-7/h4-5,8-9H,1-3,6H2,(H,10,11). The lowest BCUT2D eigenvalue weighted by molar-refractivity contribution is 0.190. The molecule has 0 aliphatic carbocycles. The average molecular weight is 167 g/mol. The number of rotatable bonds is 3. The topological polar surface area (TPSA) is 49.9 Å². The lowest BCUT2D eigenvalue weighted by Crippen LogP contribution is -2.28. The van der Waals surface area contributed by atoms with E-state index < -0.39 is 0 Å². The normalized spacial score (nSPS) is 23.2. The van der Waals surface area contributed by atoms with Crippen LogP contribution in [0.1, 0.15) is 12.0 Å². The van der Waals surface area contributed by atoms with Crippen LogP contribution in [0, 0.1) is 0 Å². The smallest absolute Gasteiger partial charge is 0.0620 e. The molecule has 1 atom stereocenters. The maximum atomic E-state index is 5.24. The molecule has 1 aliphatic rings. The van der Waals surface area contributed by atoms with Crippen molar-refractivity contribution in [1.82, 2.24) is 15.5 Å². The molecular weight excluding hydrogens is 154 g/mol. The van der Waals surface area contributed by atoms with E-state index in [4.69, 9.17) is 4.74 Å². The van der Waals surface area contributed by atoms with Crippen LogP contribution < -0.4 is 5.32 Å². The molecule has 1 aromatic rings. The van der Waals surface area contributed by atoms with Crippen LogP contribution in [0.25, 0.3) is 0 Å². The molecule has 4 heteroatoms. The van der Waals surface area contributed by atoms with E-state index in [1.54, 1.807) is 0 Å². The lowest BCUT2D eigenvalue weighted by Gasteiger charge is -2.07. The van der Waals surface area contributed by atoms with Crippen LogP contribution >= 0.6 is 0 Å². The van der Waals surface area contributed by atoms with Gasteiger partial charge < -0.3 is 10.1 Å². The lowest BCUT2D eigenvalue weighted by atomic mass is 10.2. The number of nitrogens with one attached hydrogen (secondary N) is 2. The minimum Gasteiger partial charge on any atom is -0.380 e. The zero-order chi connectivity index (χ0) is 8.23. The summed E-state index contributed by atoms with van der Waals surface area (Å²) in [6.45, 7) is 2.62. The Morgan fingerprint density at radius 2 is 2.75 bits per heavy atom. The third-order valence-electron chi connectivity index (χ3n) is 2.08. The number of hydrogen-bond acceptors (Lipinski definition) is 3. The number of aromatic amines is 1. The van der Waals surface area contributed by atoms with Gasteiger partial charge in [-0.05, 0) is 6.42 Å². The van der Waals surface area contributed by atoms with Gasteiger partial charge in [-0.2, -0.15) is 5.10 Å². The van der Waals surface area contributed by atoms with Gasteiger partial charge in [-0.25, -0.2) is 0 Å². The van der Waals surface area contributed by atoms with E-state index in [0.717, 1.165) is 26.2 Å². The fourth-order valence-electron chi connectivity index (χ4n) is 1.33. The molecule has 0 saturated carbocycles. The average Bonchev–Trinajstić information content (AvgIpc) is 2.74. The molecule has 1 unspecified atom stereocenters. The van der Waals surface area contributed by atoms with Gasteiger partial charge in [0.2, 0.25) is 0 Å². The van der Waals surface area contributed by atoms with E-state index in [9.17, 15) is 0 Å². The number of aromatic nitrogens is 2. The highest BCUT2D eigenvalue weighted by Gasteiger charge is 2.14. The Kier molecular flexibility index (Phi) is 2.39. The molecule has 12 heavy (non-hydrogen) atoms. The van der Waals surface area contributed by atoms with Gasteiger partial charge in [-0.3, -0.25) is 5.10 Å². The van der Waals surface area contributed by atoms with Gasteiger partial charge in [0.25, 0.3) is 0 Å². The van der Waals surface area contributed by atoms with Gasteiger partial charge >= 0.3 is 0 Å². The summed E-state index contributed by atoms with van der Waals surface area (Å²) in [5.74, 6) is 0. The van der Waals surface area contributed by atoms with E-state index in [-0.39, 0.29) is 0 Å². The van der Waals surface area contributed by atoms with E-state index >= 15 is 0 Å². The van der Waals surface area contributed by atoms with Crippen molar-refractivity contribution >= 4 is 0 Å². The molecule has 0 aromatic carbocycles. The van der Waals surface area contributed by atoms with Crippen LogP contribution in [0.4, 0.5) is 0 Å². The fraction of sp³-hybridized carbons (Fsp3) is 0.625. The third kappa shape index (κ3) is 1.84. The predicted molar refractivity (Wildman–Crippen MR) is 44.7 cm³/mol. The number of hydrogen-bond donors (Lipinski definition) is 2. The maximum Gasteiger partial charge on any atom is 0.0620 e. The van der Waals surface area contributed by atoms with Crippen LogP contribution in [0.5, 0.6) is 0 Å². The molecular formula is C8H13N3O. The summed E-state index contributed by atoms with van der Waals surface area (Å²) in [7, 11) is 0. The Labute approximate surface area is 71.3 Å². The summed E-state index contributed by atoms with van der Waals surface area (Å²) < 4.78 is 5.24. The molecule has 4 nitrogen and oxygen atoms in total. The second-order valence-corrected chi connectivity index (χ2v) is 3.05. The molecule has 1 saturated heterocycles. The van der Waals surface area contributed by atoms with Crippen LogP contribution in [0.15, 0.2) is 12.4 Å². The van der Waals surface area contributed by atoms with Crippen molar-refractivity contribution in [2.75, 3.05) is 13.2 Å². The largest absolute Gasteiger partial charge is 0.380 e. The first-order chi connectivity index (χ1) is 5.95. The summed E-state index contributed by atoms with van der Waals surface area (Å²) in [5, 5.41) is 10.1. The molecule has 0 spiro atoms. The molecule has 1 fully saturated rings. The van der Waals surface area contributed by atoms with Crippen molar-refractivity contribution in [1.29, 1.82) is 0 Å². The molecule has 2 N–H and O–H groups in total. The maximum absolute atomic E-state index is 5.24. The van der Waals surface area contributed by atoms with Crippen LogP contribution in [-0.4, -0.2) is 29.5 Å². The molecule has 2 rings (SSSR count). The van der Waals surface area contributed by atoms with Gasteiger partial charge in [0, 0.05) is 31.0 Å². The van der Waals surface area contributed by atoms with Crippen molar-refractivity contribution in [3.63, 3.8) is 0 Å². The van der Waals surface area contributed by atoms with Crippen LogP contribution in [0.2, 0.25) is 0 Å². The minimum atomic E-state index is 0.528. The van der Waals surface area contributed by atoms with Gasteiger partial charge in [-0.1, -0.05) is 0 Å². The van der Waals surface area contributed by atoms with E-state index in [0.29, 0.717) is 6.04 Å². The Hall–Kier alpha value is -0.870. The number of ether oxygens (including phenoxy) is 1. The Balaban J connectivity index is 1.74. The highest BCUT2D eigenvalue weighted by molar-refractivity contribution is 5.01. The number of nitrogens with zero attached hydrogens (tertiary/aromatic N) is 1. The second kappa shape index (κ2) is 3.69. The SMILES string of the molecule is c1n[nH]cc1CNC1CCOC1.